The Morgan fingerprint density at radius 3 is 2.38 bits per heavy atom. The first-order valence-electron chi connectivity index (χ1n) is 14.2. The summed E-state index contributed by atoms with van der Waals surface area (Å²) < 4.78 is 19.7. The first-order valence-corrected chi connectivity index (χ1v) is 14.2. The van der Waals surface area contributed by atoms with Crippen LogP contribution in [0.25, 0.3) is 21.9 Å². The van der Waals surface area contributed by atoms with E-state index in [-0.39, 0.29) is 12.1 Å². The van der Waals surface area contributed by atoms with Crippen LogP contribution in [0.15, 0.2) is 53.1 Å². The first-order chi connectivity index (χ1) is 19.5. The molecule has 2 aromatic carbocycles. The molecular weight excluding hydrogens is 508 g/mol. The molecule has 2 aliphatic heterocycles. The quantitative estimate of drug-likeness (QED) is 0.325. The summed E-state index contributed by atoms with van der Waals surface area (Å²) in [5.41, 5.74) is 9.02. The lowest BCUT2D eigenvalue weighted by Gasteiger charge is -2.36. The third-order valence-corrected chi connectivity index (χ3v) is 8.55. The summed E-state index contributed by atoms with van der Waals surface area (Å²) in [5.74, 6) is 1.01. The molecule has 0 spiro atoms. The van der Waals surface area contributed by atoms with Gasteiger partial charge in [-0.1, -0.05) is 12.1 Å². The predicted molar refractivity (Wildman–Crippen MR) is 154 cm³/mol. The van der Waals surface area contributed by atoms with Gasteiger partial charge in [0.05, 0.1) is 30.4 Å². The Bertz CT molecular complexity index is 1480. The lowest BCUT2D eigenvalue weighted by molar-refractivity contribution is 0.0733. The number of ether oxygens (including phenoxy) is 2. The Hall–Kier alpha value is -3.53. The van der Waals surface area contributed by atoms with Gasteiger partial charge in [0.15, 0.2) is 0 Å². The lowest BCUT2D eigenvalue weighted by Crippen LogP contribution is -2.43. The summed E-state index contributed by atoms with van der Waals surface area (Å²) in [6.07, 6.45) is 5.22. The summed E-state index contributed by atoms with van der Waals surface area (Å²) in [5, 5.41) is 11.5. The standard InChI is InChI=1S/C31H38N4O5/c1-38-28-6-3-7-29-30(28)21(20-40-29)19-39-27-5-2-4-25-24(27)18-26(31(32)37)35(25)22-8-12-33(13-9-22)16-17-34-14-10-23(36)11-15-34/h2-7,18,20,22-23,36H,8-17,19H2,1H3,(H2,32,37). The molecule has 2 aromatic heterocycles. The number of amides is 1. The predicted octanol–water partition coefficient (Wildman–Crippen LogP) is 4.17. The number of furan rings is 1. The zero-order valence-electron chi connectivity index (χ0n) is 23.1. The highest BCUT2D eigenvalue weighted by atomic mass is 16.5. The number of piperidine rings is 2. The highest BCUT2D eigenvalue weighted by Gasteiger charge is 2.27. The van der Waals surface area contributed by atoms with Gasteiger partial charge in [-0.05, 0) is 56.0 Å². The molecule has 4 heterocycles. The van der Waals surface area contributed by atoms with Gasteiger partial charge < -0.3 is 39.1 Å². The molecule has 3 N–H and O–H groups in total. The molecule has 1 amide bonds. The molecule has 212 valence electrons. The van der Waals surface area contributed by atoms with Crippen molar-refractivity contribution in [3.63, 3.8) is 0 Å². The van der Waals surface area contributed by atoms with Crippen LogP contribution >= 0.6 is 0 Å². The number of primary amides is 1. The third kappa shape index (κ3) is 5.29. The summed E-state index contributed by atoms with van der Waals surface area (Å²) in [7, 11) is 1.65. The minimum absolute atomic E-state index is 0.136. The highest BCUT2D eigenvalue weighted by Crippen LogP contribution is 2.36. The zero-order valence-corrected chi connectivity index (χ0v) is 23.1. The summed E-state index contributed by atoms with van der Waals surface area (Å²) >= 11 is 0. The van der Waals surface area contributed by atoms with Crippen LogP contribution in [0.4, 0.5) is 0 Å². The fourth-order valence-corrected chi connectivity index (χ4v) is 6.31. The van der Waals surface area contributed by atoms with Crippen molar-refractivity contribution in [1.82, 2.24) is 14.4 Å². The smallest absolute Gasteiger partial charge is 0.265 e. The number of nitrogens with two attached hydrogens (primary N) is 1. The number of carbonyl (C=O) groups is 1. The normalized spacial score (nSPS) is 18.1. The average molecular weight is 547 g/mol. The first kappa shape index (κ1) is 26.7. The number of hydrogen-bond donors (Lipinski definition) is 2. The van der Waals surface area contributed by atoms with E-state index in [0.29, 0.717) is 18.1 Å². The van der Waals surface area contributed by atoms with Crippen molar-refractivity contribution in [2.24, 2.45) is 5.73 Å². The van der Waals surface area contributed by atoms with Crippen LogP contribution in [0.5, 0.6) is 11.5 Å². The van der Waals surface area contributed by atoms with E-state index in [9.17, 15) is 9.90 Å². The lowest BCUT2D eigenvalue weighted by atomic mass is 10.0. The number of aliphatic hydroxyl groups is 1. The number of nitrogens with zero attached hydrogens (tertiary/aromatic N) is 3. The molecule has 0 aliphatic carbocycles. The van der Waals surface area contributed by atoms with E-state index in [4.69, 9.17) is 19.6 Å². The SMILES string of the molecule is COc1cccc2occ(COc3cccc4c3cc(C(N)=O)n4C3CCN(CCN4CCC(O)CC4)CC3)c12. The van der Waals surface area contributed by atoms with E-state index >= 15 is 0 Å². The van der Waals surface area contributed by atoms with Gasteiger partial charge in [0.2, 0.25) is 0 Å². The minimum atomic E-state index is -0.428. The number of aliphatic hydroxyl groups excluding tert-OH is 1. The molecule has 9 heteroatoms. The number of rotatable bonds is 9. The van der Waals surface area contributed by atoms with Crippen molar-refractivity contribution in [2.75, 3.05) is 46.4 Å². The van der Waals surface area contributed by atoms with Crippen LogP contribution in [0.1, 0.15) is 47.8 Å². The Balaban J connectivity index is 1.17. The van der Waals surface area contributed by atoms with Crippen LogP contribution in [0.3, 0.4) is 0 Å². The van der Waals surface area contributed by atoms with E-state index < -0.39 is 5.91 Å². The second-order valence-electron chi connectivity index (χ2n) is 11.0. The number of benzene rings is 2. The Kier molecular flexibility index (Phi) is 7.69. The molecule has 6 rings (SSSR count). The number of hydrogen-bond acceptors (Lipinski definition) is 7. The van der Waals surface area contributed by atoms with Gasteiger partial charge in [-0.25, -0.2) is 0 Å². The van der Waals surface area contributed by atoms with E-state index in [1.807, 2.05) is 42.5 Å². The zero-order chi connectivity index (χ0) is 27.6. The maximum absolute atomic E-state index is 12.6. The highest BCUT2D eigenvalue weighted by molar-refractivity contribution is 6.00. The molecule has 0 unspecified atom stereocenters. The van der Waals surface area contributed by atoms with Crippen LogP contribution in [0.2, 0.25) is 0 Å². The maximum Gasteiger partial charge on any atom is 0.265 e. The van der Waals surface area contributed by atoms with Crippen molar-refractivity contribution in [1.29, 1.82) is 0 Å². The molecule has 40 heavy (non-hydrogen) atoms. The second kappa shape index (κ2) is 11.5. The number of aromatic nitrogens is 1. The maximum atomic E-state index is 12.6. The number of fused-ring (bicyclic) bond motifs is 2. The van der Waals surface area contributed by atoms with Gasteiger partial charge in [-0.3, -0.25) is 4.79 Å². The molecule has 2 fully saturated rings. The molecule has 0 saturated carbocycles. The molecule has 2 saturated heterocycles. The van der Waals surface area contributed by atoms with Crippen molar-refractivity contribution in [3.05, 3.63) is 60.0 Å². The van der Waals surface area contributed by atoms with E-state index in [1.165, 1.54) is 0 Å². The van der Waals surface area contributed by atoms with Gasteiger partial charge in [0.1, 0.15) is 29.4 Å². The van der Waals surface area contributed by atoms with Crippen molar-refractivity contribution in [3.8, 4) is 11.5 Å². The Labute approximate surface area is 234 Å². The number of likely N-dealkylation sites (tertiary alicyclic amines) is 2. The van der Waals surface area contributed by atoms with Crippen molar-refractivity contribution in [2.45, 2.75) is 44.4 Å². The Morgan fingerprint density at radius 2 is 1.68 bits per heavy atom. The molecule has 0 radical (unpaired) electrons. The largest absolute Gasteiger partial charge is 0.496 e. The van der Waals surface area contributed by atoms with E-state index in [2.05, 4.69) is 14.4 Å². The van der Waals surface area contributed by atoms with Gasteiger partial charge in [0, 0.05) is 56.3 Å². The van der Waals surface area contributed by atoms with Crippen LogP contribution < -0.4 is 15.2 Å². The minimum Gasteiger partial charge on any atom is -0.496 e. The molecule has 0 bridgehead atoms. The Morgan fingerprint density at radius 1 is 1.00 bits per heavy atom. The fourth-order valence-electron chi connectivity index (χ4n) is 6.31. The van der Waals surface area contributed by atoms with Gasteiger partial charge in [-0.2, -0.15) is 0 Å². The molecular formula is C31H38N4O5. The van der Waals surface area contributed by atoms with Gasteiger partial charge >= 0.3 is 0 Å². The summed E-state index contributed by atoms with van der Waals surface area (Å²) in [6, 6.07) is 13.7. The van der Waals surface area contributed by atoms with Crippen LogP contribution in [0, 0.1) is 0 Å². The molecule has 0 atom stereocenters. The van der Waals surface area contributed by atoms with Gasteiger partial charge in [0.25, 0.3) is 5.91 Å². The third-order valence-electron chi connectivity index (χ3n) is 8.55. The van der Waals surface area contributed by atoms with Crippen LogP contribution in [-0.2, 0) is 6.61 Å². The summed E-state index contributed by atoms with van der Waals surface area (Å²) in [6.45, 7) is 6.28. The molecule has 9 nitrogen and oxygen atoms in total. The van der Waals surface area contributed by atoms with Crippen molar-refractivity contribution >= 4 is 27.8 Å². The summed E-state index contributed by atoms with van der Waals surface area (Å²) in [4.78, 5) is 17.5. The molecule has 2 aliphatic rings. The van der Waals surface area contributed by atoms with E-state index in [1.54, 1.807) is 13.4 Å². The van der Waals surface area contributed by atoms with Gasteiger partial charge in [-0.15, -0.1) is 0 Å². The number of carbonyl (C=O) groups excluding carboxylic acids is 1. The second-order valence-corrected chi connectivity index (χ2v) is 11.0. The van der Waals surface area contributed by atoms with Crippen molar-refractivity contribution < 1.29 is 23.8 Å². The number of methoxy groups -OCH3 is 1. The monoisotopic (exact) mass is 546 g/mol. The van der Waals surface area contributed by atoms with E-state index in [0.717, 1.165) is 98.1 Å². The fraction of sp³-hybridized carbons (Fsp3) is 0.452. The topological polar surface area (TPSA) is 106 Å². The van der Waals surface area contributed by atoms with Crippen LogP contribution in [-0.4, -0.2) is 77.9 Å². The molecule has 4 aromatic rings. The average Bonchev–Trinajstić information content (AvgIpc) is 3.58.